The van der Waals surface area contributed by atoms with Gasteiger partial charge >= 0.3 is 6.09 Å². The maximum Gasteiger partial charge on any atom is 0.404 e. The molecule has 7 nitrogen and oxygen atoms in total. The van der Waals surface area contributed by atoms with Crippen molar-refractivity contribution in [2.45, 2.75) is 12.5 Å². The van der Waals surface area contributed by atoms with Crippen LogP contribution in [0.5, 0.6) is 0 Å². The van der Waals surface area contributed by atoms with Crippen LogP contribution in [-0.4, -0.2) is 53.6 Å². The number of amides is 3. The number of carbonyl (C=O) groups excluding carboxylic acids is 2. The van der Waals surface area contributed by atoms with Gasteiger partial charge in [0.15, 0.2) is 0 Å². The van der Waals surface area contributed by atoms with Gasteiger partial charge in [0.05, 0.1) is 6.04 Å². The van der Waals surface area contributed by atoms with Gasteiger partial charge in [-0.15, -0.1) is 0 Å². The Morgan fingerprint density at radius 2 is 1.83 bits per heavy atom. The van der Waals surface area contributed by atoms with Crippen molar-refractivity contribution in [3.8, 4) is 0 Å². The quantitative estimate of drug-likeness (QED) is 0.631. The lowest BCUT2D eigenvalue weighted by molar-refractivity contribution is -0.130. The van der Waals surface area contributed by atoms with Gasteiger partial charge in [-0.2, -0.15) is 0 Å². The molecule has 8 heteroatoms. The van der Waals surface area contributed by atoms with Crippen LogP contribution in [0.25, 0.3) is 6.08 Å². The van der Waals surface area contributed by atoms with E-state index in [2.05, 4.69) is 21.2 Å². The molecule has 1 unspecified atom stereocenters. The Bertz CT molecular complexity index is 931. The van der Waals surface area contributed by atoms with Crippen LogP contribution in [0, 0.1) is 0 Å². The minimum Gasteiger partial charge on any atom is -0.465 e. The Balaban J connectivity index is 1.74. The number of hydrogen-bond donors (Lipinski definition) is 2. The van der Waals surface area contributed by atoms with E-state index in [-0.39, 0.29) is 24.4 Å². The van der Waals surface area contributed by atoms with Crippen LogP contribution in [0.2, 0.25) is 0 Å². The molecule has 0 radical (unpaired) electrons. The minimum absolute atomic E-state index is 0.126. The van der Waals surface area contributed by atoms with Gasteiger partial charge < -0.3 is 15.3 Å². The summed E-state index contributed by atoms with van der Waals surface area (Å²) in [5.74, 6) is -0.539. The molecule has 0 saturated carbocycles. The smallest absolute Gasteiger partial charge is 0.404 e. The number of anilines is 1. The molecule has 0 aromatic heterocycles. The second-order valence-electron chi connectivity index (χ2n) is 6.92. The molecule has 0 spiro atoms. The van der Waals surface area contributed by atoms with Crippen molar-refractivity contribution < 1.29 is 19.5 Å². The van der Waals surface area contributed by atoms with Gasteiger partial charge in [0.1, 0.15) is 6.54 Å². The molecule has 3 rings (SSSR count). The van der Waals surface area contributed by atoms with Crippen molar-refractivity contribution >= 4 is 45.6 Å². The Morgan fingerprint density at radius 1 is 1.13 bits per heavy atom. The fraction of sp³-hybridized carbons (Fsp3) is 0.227. The van der Waals surface area contributed by atoms with Crippen molar-refractivity contribution in [2.75, 3.05) is 24.5 Å². The third-order valence-electron chi connectivity index (χ3n) is 4.78. The number of carbonyl (C=O) groups is 3. The number of benzene rings is 2. The molecule has 156 valence electrons. The van der Waals surface area contributed by atoms with E-state index >= 15 is 0 Å². The van der Waals surface area contributed by atoms with Gasteiger partial charge in [0.25, 0.3) is 5.91 Å². The molecular weight excluding hydrogens is 450 g/mol. The fourth-order valence-corrected chi connectivity index (χ4v) is 3.52. The number of hydrogen-bond acceptors (Lipinski definition) is 3. The van der Waals surface area contributed by atoms with Crippen LogP contribution < -0.4 is 10.2 Å². The summed E-state index contributed by atoms with van der Waals surface area (Å²) in [6.07, 6.45) is 2.61. The highest BCUT2D eigenvalue weighted by Crippen LogP contribution is 2.20. The van der Waals surface area contributed by atoms with Crippen LogP contribution in [0.4, 0.5) is 10.5 Å². The van der Waals surface area contributed by atoms with E-state index in [4.69, 9.17) is 5.11 Å². The van der Waals surface area contributed by atoms with Gasteiger partial charge in [-0.25, -0.2) is 4.79 Å². The lowest BCUT2D eigenvalue weighted by Crippen LogP contribution is -2.43. The van der Waals surface area contributed by atoms with Gasteiger partial charge in [-0.05, 0) is 42.3 Å². The number of rotatable bonds is 6. The first-order valence-corrected chi connectivity index (χ1v) is 10.3. The second-order valence-corrected chi connectivity index (χ2v) is 7.84. The number of nitrogens with one attached hydrogen (secondary N) is 1. The summed E-state index contributed by atoms with van der Waals surface area (Å²) >= 11 is 3.38. The average Bonchev–Trinajstić information content (AvgIpc) is 3.19. The Morgan fingerprint density at radius 3 is 2.50 bits per heavy atom. The summed E-state index contributed by atoms with van der Waals surface area (Å²) in [5.41, 5.74) is 1.49. The summed E-state index contributed by atoms with van der Waals surface area (Å²) in [7, 11) is 0. The Kier molecular flexibility index (Phi) is 7.24. The lowest BCUT2D eigenvalue weighted by Gasteiger charge is -2.24. The van der Waals surface area contributed by atoms with E-state index in [0.29, 0.717) is 25.2 Å². The molecule has 2 aromatic carbocycles. The van der Waals surface area contributed by atoms with Crippen molar-refractivity contribution in [3.05, 3.63) is 70.7 Å². The van der Waals surface area contributed by atoms with Gasteiger partial charge in [-0.3, -0.25) is 14.5 Å². The molecule has 0 aliphatic carbocycles. The molecule has 30 heavy (non-hydrogen) atoms. The first kappa shape index (κ1) is 21.6. The predicted octanol–water partition coefficient (Wildman–Crippen LogP) is 3.36. The molecule has 2 aromatic rings. The third-order valence-corrected chi connectivity index (χ3v) is 5.31. The summed E-state index contributed by atoms with van der Waals surface area (Å²) in [5, 5.41) is 11.3. The SMILES string of the molecule is O=C(O)NC1CCN(C(=O)CN(C(=O)/C=C/c2ccccc2)c2ccc(Br)cc2)C1. The van der Waals surface area contributed by atoms with E-state index in [1.165, 1.54) is 11.0 Å². The third kappa shape index (κ3) is 5.93. The summed E-state index contributed by atoms with van der Waals surface area (Å²) < 4.78 is 0.868. The predicted molar refractivity (Wildman–Crippen MR) is 118 cm³/mol. The van der Waals surface area contributed by atoms with Crippen LogP contribution >= 0.6 is 15.9 Å². The van der Waals surface area contributed by atoms with Crippen molar-refractivity contribution in [1.29, 1.82) is 0 Å². The maximum atomic E-state index is 12.9. The summed E-state index contributed by atoms with van der Waals surface area (Å²) in [4.78, 5) is 39.6. The van der Waals surface area contributed by atoms with Crippen LogP contribution in [0.1, 0.15) is 12.0 Å². The highest BCUT2D eigenvalue weighted by Gasteiger charge is 2.29. The molecule has 1 aliphatic heterocycles. The van der Waals surface area contributed by atoms with E-state index in [1.807, 2.05) is 42.5 Å². The molecule has 3 amide bonds. The number of carboxylic acid groups (broad SMARTS) is 1. The van der Waals surface area contributed by atoms with Crippen molar-refractivity contribution in [2.24, 2.45) is 0 Å². The summed E-state index contributed by atoms with van der Waals surface area (Å²) in [6.45, 7) is 0.624. The van der Waals surface area contributed by atoms with Crippen molar-refractivity contribution in [1.82, 2.24) is 10.2 Å². The first-order valence-electron chi connectivity index (χ1n) is 9.50. The number of nitrogens with zero attached hydrogens (tertiary/aromatic N) is 2. The monoisotopic (exact) mass is 471 g/mol. The average molecular weight is 472 g/mol. The minimum atomic E-state index is -1.10. The molecule has 1 aliphatic rings. The maximum absolute atomic E-state index is 12.9. The number of likely N-dealkylation sites (tertiary alicyclic amines) is 1. The molecule has 1 atom stereocenters. The zero-order valence-corrected chi connectivity index (χ0v) is 17.8. The van der Waals surface area contributed by atoms with Gasteiger partial charge in [0.2, 0.25) is 5.91 Å². The van der Waals surface area contributed by atoms with E-state index in [9.17, 15) is 14.4 Å². The van der Waals surface area contributed by atoms with Crippen molar-refractivity contribution in [3.63, 3.8) is 0 Å². The van der Waals surface area contributed by atoms with E-state index in [1.54, 1.807) is 23.1 Å². The molecular formula is C22H22BrN3O4. The van der Waals surface area contributed by atoms with Gasteiger partial charge in [0, 0.05) is 29.3 Å². The Labute approximate surface area is 183 Å². The van der Waals surface area contributed by atoms with Crippen LogP contribution in [-0.2, 0) is 9.59 Å². The summed E-state index contributed by atoms with van der Waals surface area (Å²) in [6, 6.07) is 16.3. The molecule has 0 bridgehead atoms. The Hall–Kier alpha value is -3.13. The van der Waals surface area contributed by atoms with Crippen LogP contribution in [0.3, 0.4) is 0 Å². The zero-order valence-electron chi connectivity index (χ0n) is 16.2. The highest BCUT2D eigenvalue weighted by molar-refractivity contribution is 9.10. The lowest BCUT2D eigenvalue weighted by atomic mass is 10.2. The van der Waals surface area contributed by atoms with Gasteiger partial charge in [-0.1, -0.05) is 46.3 Å². The second kappa shape index (κ2) is 10.1. The molecule has 2 N–H and O–H groups in total. The largest absolute Gasteiger partial charge is 0.465 e. The van der Waals surface area contributed by atoms with E-state index in [0.717, 1.165) is 10.0 Å². The topological polar surface area (TPSA) is 89.9 Å². The zero-order chi connectivity index (χ0) is 21.5. The fourth-order valence-electron chi connectivity index (χ4n) is 3.25. The van der Waals surface area contributed by atoms with Crippen LogP contribution in [0.15, 0.2) is 65.1 Å². The molecule has 1 saturated heterocycles. The first-order chi connectivity index (χ1) is 14.4. The normalized spacial score (nSPS) is 15.9. The standard InChI is InChI=1S/C22H22BrN3O4/c23-17-7-9-19(10-8-17)26(20(27)11-6-16-4-2-1-3-5-16)15-21(28)25-13-12-18(14-25)24-22(29)30/h1-11,18,24H,12-15H2,(H,29,30)/b11-6+. The number of halogens is 1. The highest BCUT2D eigenvalue weighted by atomic mass is 79.9. The van der Waals surface area contributed by atoms with E-state index < -0.39 is 6.09 Å². The molecule has 1 heterocycles. The molecule has 1 fully saturated rings.